The zero-order chi connectivity index (χ0) is 20.3. The van der Waals surface area contributed by atoms with Crippen LogP contribution in [-0.4, -0.2) is 43.0 Å². The van der Waals surface area contributed by atoms with Crippen LogP contribution < -0.4 is 21.3 Å². The van der Waals surface area contributed by atoms with E-state index in [1.165, 1.54) is 0 Å². The molecule has 0 saturated heterocycles. The average Bonchev–Trinajstić information content (AvgIpc) is 2.74. The van der Waals surface area contributed by atoms with Gasteiger partial charge >= 0.3 is 0 Å². The molecule has 1 aliphatic rings. The van der Waals surface area contributed by atoms with Gasteiger partial charge in [-0.1, -0.05) is 24.3 Å². The number of para-hydroxylation sites is 1. The lowest BCUT2D eigenvalue weighted by Crippen LogP contribution is -2.38. The number of fused-ring (bicyclic) bond motifs is 1. The van der Waals surface area contributed by atoms with Gasteiger partial charge in [0.05, 0.1) is 6.54 Å². The summed E-state index contributed by atoms with van der Waals surface area (Å²) < 4.78 is 0. The van der Waals surface area contributed by atoms with Crippen LogP contribution in [0.2, 0.25) is 0 Å². The fourth-order valence-electron chi connectivity index (χ4n) is 3.35. The van der Waals surface area contributed by atoms with Crippen LogP contribution in [0.3, 0.4) is 0 Å². The van der Waals surface area contributed by atoms with E-state index in [-0.39, 0.29) is 35.8 Å². The Balaban J connectivity index is 0.00000320. The van der Waals surface area contributed by atoms with Crippen LogP contribution in [0.4, 0.5) is 11.5 Å². The Morgan fingerprint density at radius 3 is 2.73 bits per heavy atom. The number of hydrogen-bond donors (Lipinski definition) is 4. The van der Waals surface area contributed by atoms with Gasteiger partial charge < -0.3 is 21.3 Å². The highest BCUT2D eigenvalue weighted by Crippen LogP contribution is 2.31. The number of aliphatic imine (C=N–C) groups is 1. The Morgan fingerprint density at radius 2 is 1.93 bits per heavy atom. The molecule has 0 aliphatic carbocycles. The molecule has 2 heterocycles. The number of pyridine rings is 1. The van der Waals surface area contributed by atoms with Crippen molar-refractivity contribution in [2.75, 3.05) is 36.8 Å². The van der Waals surface area contributed by atoms with Crippen LogP contribution in [0.1, 0.15) is 37.7 Å². The van der Waals surface area contributed by atoms with Crippen LogP contribution in [0.5, 0.6) is 0 Å². The SMILES string of the molecule is CCNC(=NCC1CC(=O)Nc2ccccc21)NCCCCNc1ccccn1.I. The van der Waals surface area contributed by atoms with Crippen LogP contribution in [0.25, 0.3) is 0 Å². The molecule has 0 spiro atoms. The molecular weight excluding hydrogens is 491 g/mol. The predicted molar refractivity (Wildman–Crippen MR) is 134 cm³/mol. The van der Waals surface area contributed by atoms with E-state index in [0.717, 1.165) is 55.5 Å². The number of benzene rings is 1. The summed E-state index contributed by atoms with van der Waals surface area (Å²) in [5.74, 6) is 1.88. The number of halogens is 1. The number of nitrogens with zero attached hydrogens (tertiary/aromatic N) is 2. The molecule has 0 fully saturated rings. The summed E-state index contributed by atoms with van der Waals surface area (Å²) in [7, 11) is 0. The summed E-state index contributed by atoms with van der Waals surface area (Å²) in [6.45, 7) is 5.17. The Morgan fingerprint density at radius 1 is 1.13 bits per heavy atom. The smallest absolute Gasteiger partial charge is 0.225 e. The molecule has 30 heavy (non-hydrogen) atoms. The number of anilines is 2. The Labute approximate surface area is 195 Å². The number of carbonyl (C=O) groups excluding carboxylic acids is 1. The van der Waals surface area contributed by atoms with E-state index in [1.54, 1.807) is 6.20 Å². The van der Waals surface area contributed by atoms with E-state index in [4.69, 9.17) is 4.99 Å². The number of unbranched alkanes of at least 4 members (excludes halogenated alkanes) is 1. The number of guanidine groups is 1. The van der Waals surface area contributed by atoms with Crippen molar-refractivity contribution >= 4 is 47.3 Å². The summed E-state index contributed by atoms with van der Waals surface area (Å²) >= 11 is 0. The molecular formula is C22H31IN6O. The Kier molecular flexibility index (Phi) is 10.4. The van der Waals surface area contributed by atoms with E-state index in [1.807, 2.05) is 36.4 Å². The largest absolute Gasteiger partial charge is 0.370 e. The van der Waals surface area contributed by atoms with Gasteiger partial charge in [0.25, 0.3) is 0 Å². The molecule has 0 saturated carbocycles. The first-order valence-electron chi connectivity index (χ1n) is 10.3. The van der Waals surface area contributed by atoms with Crippen molar-refractivity contribution in [2.45, 2.75) is 32.1 Å². The molecule has 8 heteroatoms. The average molecular weight is 522 g/mol. The van der Waals surface area contributed by atoms with Crippen LogP contribution >= 0.6 is 24.0 Å². The van der Waals surface area contributed by atoms with Gasteiger partial charge in [-0.05, 0) is 43.5 Å². The molecule has 1 aromatic heterocycles. The van der Waals surface area contributed by atoms with E-state index in [0.29, 0.717) is 13.0 Å². The molecule has 2 aromatic rings. The van der Waals surface area contributed by atoms with Crippen LogP contribution in [0.15, 0.2) is 53.7 Å². The van der Waals surface area contributed by atoms with Crippen molar-refractivity contribution in [1.82, 2.24) is 15.6 Å². The number of amides is 1. The van der Waals surface area contributed by atoms with E-state index < -0.39 is 0 Å². The fourth-order valence-corrected chi connectivity index (χ4v) is 3.35. The van der Waals surface area contributed by atoms with E-state index in [9.17, 15) is 4.79 Å². The summed E-state index contributed by atoms with van der Waals surface area (Å²) in [5, 5.41) is 12.9. The monoisotopic (exact) mass is 522 g/mol. The lowest BCUT2D eigenvalue weighted by atomic mass is 9.91. The molecule has 1 unspecified atom stereocenters. The van der Waals surface area contributed by atoms with Crippen LogP contribution in [0, 0.1) is 0 Å². The molecule has 1 aromatic carbocycles. The second kappa shape index (κ2) is 13.0. The summed E-state index contributed by atoms with van der Waals surface area (Å²) in [5.41, 5.74) is 2.06. The molecule has 1 amide bonds. The number of aromatic nitrogens is 1. The maximum atomic E-state index is 12.0. The standard InChI is InChI=1S/C22H30N6O.HI/c1-2-23-22(26-14-8-7-13-25-20-11-5-6-12-24-20)27-16-17-15-21(29)28-19-10-4-3-9-18(17)19;/h3-6,9-12,17H,2,7-8,13-16H2,1H3,(H,24,25)(H,28,29)(H2,23,26,27);1H. The first-order valence-corrected chi connectivity index (χ1v) is 10.3. The third-order valence-electron chi connectivity index (χ3n) is 4.79. The number of carbonyl (C=O) groups is 1. The molecule has 3 rings (SSSR count). The molecule has 7 nitrogen and oxygen atoms in total. The van der Waals surface area contributed by atoms with Crippen molar-refractivity contribution < 1.29 is 4.79 Å². The summed E-state index contributed by atoms with van der Waals surface area (Å²) in [4.78, 5) is 21.0. The number of rotatable bonds is 9. The van der Waals surface area contributed by atoms with Gasteiger partial charge in [0.2, 0.25) is 5.91 Å². The minimum atomic E-state index is 0. The quantitative estimate of drug-likeness (QED) is 0.175. The predicted octanol–water partition coefficient (Wildman–Crippen LogP) is 3.57. The highest BCUT2D eigenvalue weighted by Gasteiger charge is 2.24. The first-order chi connectivity index (χ1) is 14.3. The van der Waals surface area contributed by atoms with E-state index >= 15 is 0 Å². The third-order valence-corrected chi connectivity index (χ3v) is 4.79. The fraction of sp³-hybridized carbons (Fsp3) is 0.409. The van der Waals surface area contributed by atoms with Gasteiger partial charge in [-0.3, -0.25) is 9.79 Å². The first kappa shape index (κ1) is 23.9. The van der Waals surface area contributed by atoms with Crippen molar-refractivity contribution in [1.29, 1.82) is 0 Å². The molecule has 0 bridgehead atoms. The Bertz CT molecular complexity index is 814. The highest BCUT2D eigenvalue weighted by molar-refractivity contribution is 14.0. The lowest BCUT2D eigenvalue weighted by molar-refractivity contribution is -0.116. The topological polar surface area (TPSA) is 90.4 Å². The maximum absolute atomic E-state index is 12.0. The van der Waals surface area contributed by atoms with Crippen molar-refractivity contribution in [3.05, 3.63) is 54.2 Å². The molecule has 1 aliphatic heterocycles. The Hall–Kier alpha value is -2.36. The summed E-state index contributed by atoms with van der Waals surface area (Å²) in [6.07, 6.45) is 4.33. The maximum Gasteiger partial charge on any atom is 0.225 e. The van der Waals surface area contributed by atoms with E-state index in [2.05, 4.69) is 39.2 Å². The van der Waals surface area contributed by atoms with Crippen molar-refractivity contribution in [2.24, 2.45) is 4.99 Å². The lowest BCUT2D eigenvalue weighted by Gasteiger charge is -2.24. The second-order valence-electron chi connectivity index (χ2n) is 7.03. The minimum Gasteiger partial charge on any atom is -0.370 e. The van der Waals surface area contributed by atoms with Gasteiger partial charge in [-0.2, -0.15) is 0 Å². The molecule has 162 valence electrons. The third kappa shape index (κ3) is 7.47. The zero-order valence-corrected chi connectivity index (χ0v) is 19.7. The summed E-state index contributed by atoms with van der Waals surface area (Å²) in [6, 6.07) is 13.8. The molecule has 0 radical (unpaired) electrons. The second-order valence-corrected chi connectivity index (χ2v) is 7.03. The normalized spacial score (nSPS) is 15.4. The van der Waals surface area contributed by atoms with Crippen LogP contribution in [-0.2, 0) is 4.79 Å². The minimum absolute atomic E-state index is 0. The highest BCUT2D eigenvalue weighted by atomic mass is 127. The van der Waals surface area contributed by atoms with Gasteiger partial charge in [0.15, 0.2) is 5.96 Å². The zero-order valence-electron chi connectivity index (χ0n) is 17.4. The van der Waals surface area contributed by atoms with Crippen molar-refractivity contribution in [3.63, 3.8) is 0 Å². The van der Waals surface area contributed by atoms with Gasteiger partial charge in [0, 0.05) is 43.9 Å². The molecule has 4 N–H and O–H groups in total. The molecule has 1 atom stereocenters. The van der Waals surface area contributed by atoms with Gasteiger partial charge in [-0.25, -0.2) is 4.98 Å². The number of nitrogens with one attached hydrogen (secondary N) is 4. The van der Waals surface area contributed by atoms with Gasteiger partial charge in [0.1, 0.15) is 5.82 Å². The number of hydrogen-bond acceptors (Lipinski definition) is 4. The van der Waals surface area contributed by atoms with Crippen molar-refractivity contribution in [3.8, 4) is 0 Å². The van der Waals surface area contributed by atoms with Gasteiger partial charge in [-0.15, -0.1) is 24.0 Å².